The van der Waals surface area contributed by atoms with E-state index in [2.05, 4.69) is 5.32 Å². The average Bonchev–Trinajstić information content (AvgIpc) is 2.81. The van der Waals surface area contributed by atoms with Crippen molar-refractivity contribution < 1.29 is 17.9 Å². The fraction of sp³-hybridized carbons (Fsp3) is 0.562. The molecular weight excluding hydrogens is 330 g/mol. The molecule has 134 valence electrons. The first-order valence-electron chi connectivity index (χ1n) is 8.04. The second kappa shape index (κ2) is 7.85. The number of rotatable bonds is 4. The molecule has 1 saturated heterocycles. The number of urea groups is 1. The zero-order valence-electron chi connectivity index (χ0n) is 14.4. The number of nitrogens with one attached hydrogen (secondary N) is 1. The summed E-state index contributed by atoms with van der Waals surface area (Å²) in [6, 6.07) is 6.35. The summed E-state index contributed by atoms with van der Waals surface area (Å²) in [5.41, 5.74) is 0. The van der Waals surface area contributed by atoms with Gasteiger partial charge in [0.1, 0.15) is 5.75 Å². The van der Waals surface area contributed by atoms with Gasteiger partial charge in [-0.05, 0) is 32.4 Å². The van der Waals surface area contributed by atoms with Gasteiger partial charge >= 0.3 is 6.03 Å². The van der Waals surface area contributed by atoms with E-state index in [0.717, 1.165) is 0 Å². The Morgan fingerprint density at radius 3 is 2.62 bits per heavy atom. The van der Waals surface area contributed by atoms with Gasteiger partial charge in [0.2, 0.25) is 10.0 Å². The number of amides is 2. The summed E-state index contributed by atoms with van der Waals surface area (Å²) in [6.07, 6.45) is 0.606. The Kier molecular flexibility index (Phi) is 6.06. The molecule has 0 aliphatic carbocycles. The van der Waals surface area contributed by atoms with E-state index in [9.17, 15) is 13.2 Å². The smallest absolute Gasteiger partial charge is 0.317 e. The van der Waals surface area contributed by atoms with Gasteiger partial charge in [0, 0.05) is 38.3 Å². The first-order valence-corrected chi connectivity index (χ1v) is 9.48. The van der Waals surface area contributed by atoms with E-state index in [1.807, 2.05) is 13.8 Å². The van der Waals surface area contributed by atoms with E-state index < -0.39 is 10.0 Å². The van der Waals surface area contributed by atoms with Crippen molar-refractivity contribution in [2.24, 2.45) is 0 Å². The minimum Gasteiger partial charge on any atom is -0.497 e. The molecule has 1 aromatic rings. The van der Waals surface area contributed by atoms with Crippen LogP contribution in [0.5, 0.6) is 5.75 Å². The molecule has 0 spiro atoms. The second-order valence-electron chi connectivity index (χ2n) is 6.03. The first kappa shape index (κ1) is 18.5. The number of carbonyl (C=O) groups is 1. The minimum absolute atomic E-state index is 0.0531. The molecule has 8 heteroatoms. The van der Waals surface area contributed by atoms with Crippen LogP contribution in [0, 0.1) is 0 Å². The number of carbonyl (C=O) groups excluding carboxylic acids is 1. The SMILES string of the molecule is COc1cccc(S(=O)(=O)N2CCCN(C(=O)NC(C)C)CC2)c1. The predicted octanol–water partition coefficient (Wildman–Crippen LogP) is 1.51. The van der Waals surface area contributed by atoms with Crippen LogP contribution >= 0.6 is 0 Å². The Morgan fingerprint density at radius 2 is 1.96 bits per heavy atom. The standard InChI is InChI=1S/C16H25N3O4S/c1-13(2)17-16(20)18-8-5-9-19(11-10-18)24(21,22)15-7-4-6-14(12-15)23-3/h4,6-7,12-13H,5,8-11H2,1-3H3,(H,17,20). The summed E-state index contributed by atoms with van der Waals surface area (Å²) < 4.78 is 32.2. The molecule has 0 saturated carbocycles. The van der Waals surface area contributed by atoms with Crippen LogP contribution < -0.4 is 10.1 Å². The Morgan fingerprint density at radius 1 is 1.21 bits per heavy atom. The third-order valence-corrected chi connectivity index (χ3v) is 5.73. The number of benzene rings is 1. The second-order valence-corrected chi connectivity index (χ2v) is 7.97. The van der Waals surface area contributed by atoms with Crippen molar-refractivity contribution >= 4 is 16.1 Å². The number of hydrogen-bond acceptors (Lipinski definition) is 4. The molecule has 0 atom stereocenters. The number of ether oxygens (including phenoxy) is 1. The fourth-order valence-corrected chi connectivity index (χ4v) is 4.09. The molecular formula is C16H25N3O4S. The molecule has 1 aliphatic heterocycles. The summed E-state index contributed by atoms with van der Waals surface area (Å²) in [5, 5.41) is 2.84. The van der Waals surface area contributed by atoms with Crippen molar-refractivity contribution in [1.82, 2.24) is 14.5 Å². The Bertz CT molecular complexity index is 676. The van der Waals surface area contributed by atoms with Crippen molar-refractivity contribution in [2.45, 2.75) is 31.2 Å². The van der Waals surface area contributed by atoms with Crippen LogP contribution in [-0.2, 0) is 10.0 Å². The first-order chi connectivity index (χ1) is 11.3. The zero-order valence-corrected chi connectivity index (χ0v) is 15.2. The van der Waals surface area contributed by atoms with Crippen molar-refractivity contribution in [2.75, 3.05) is 33.3 Å². The molecule has 0 radical (unpaired) electrons. The van der Waals surface area contributed by atoms with Gasteiger partial charge in [-0.3, -0.25) is 0 Å². The van der Waals surface area contributed by atoms with Gasteiger partial charge in [-0.15, -0.1) is 0 Å². The highest BCUT2D eigenvalue weighted by Crippen LogP contribution is 2.22. The summed E-state index contributed by atoms with van der Waals surface area (Å²) in [6.45, 7) is 5.39. The topological polar surface area (TPSA) is 79.0 Å². The molecule has 2 amide bonds. The third-order valence-electron chi connectivity index (χ3n) is 3.83. The monoisotopic (exact) mass is 355 g/mol. The summed E-state index contributed by atoms with van der Waals surface area (Å²) >= 11 is 0. The molecule has 1 aliphatic rings. The Balaban J connectivity index is 2.11. The number of hydrogen-bond donors (Lipinski definition) is 1. The van der Waals surface area contributed by atoms with E-state index in [4.69, 9.17) is 4.74 Å². The lowest BCUT2D eigenvalue weighted by Gasteiger charge is -2.23. The van der Waals surface area contributed by atoms with E-state index in [0.29, 0.717) is 31.8 Å². The van der Waals surface area contributed by atoms with Gasteiger partial charge in [0.05, 0.1) is 12.0 Å². The highest BCUT2D eigenvalue weighted by Gasteiger charge is 2.28. The molecule has 24 heavy (non-hydrogen) atoms. The zero-order chi connectivity index (χ0) is 17.7. The Hall–Kier alpha value is -1.80. The van der Waals surface area contributed by atoms with Gasteiger partial charge in [-0.2, -0.15) is 4.31 Å². The van der Waals surface area contributed by atoms with Crippen LogP contribution in [0.2, 0.25) is 0 Å². The van der Waals surface area contributed by atoms with Gasteiger partial charge in [-0.1, -0.05) is 6.07 Å². The van der Waals surface area contributed by atoms with E-state index in [1.165, 1.54) is 17.5 Å². The van der Waals surface area contributed by atoms with Crippen LogP contribution in [0.25, 0.3) is 0 Å². The van der Waals surface area contributed by atoms with Crippen molar-refractivity contribution in [3.63, 3.8) is 0 Å². The van der Waals surface area contributed by atoms with Crippen LogP contribution in [0.1, 0.15) is 20.3 Å². The van der Waals surface area contributed by atoms with E-state index in [-0.39, 0.29) is 23.5 Å². The molecule has 0 unspecified atom stereocenters. The van der Waals surface area contributed by atoms with Crippen LogP contribution in [-0.4, -0.2) is 63.0 Å². The van der Waals surface area contributed by atoms with Gasteiger partial charge in [-0.25, -0.2) is 13.2 Å². The van der Waals surface area contributed by atoms with Crippen LogP contribution in [0.3, 0.4) is 0 Å². The minimum atomic E-state index is -3.60. The van der Waals surface area contributed by atoms with Gasteiger partial charge < -0.3 is 15.0 Å². The molecule has 0 aromatic heterocycles. The quantitative estimate of drug-likeness (QED) is 0.888. The number of sulfonamides is 1. The van der Waals surface area contributed by atoms with Gasteiger partial charge in [0.15, 0.2) is 0 Å². The Labute approximate surface area is 143 Å². The van der Waals surface area contributed by atoms with Crippen LogP contribution in [0.4, 0.5) is 4.79 Å². The molecule has 7 nitrogen and oxygen atoms in total. The molecule has 1 fully saturated rings. The van der Waals surface area contributed by atoms with E-state index >= 15 is 0 Å². The van der Waals surface area contributed by atoms with Crippen LogP contribution in [0.15, 0.2) is 29.2 Å². The van der Waals surface area contributed by atoms with Gasteiger partial charge in [0.25, 0.3) is 0 Å². The van der Waals surface area contributed by atoms with Crippen molar-refractivity contribution in [3.05, 3.63) is 24.3 Å². The highest BCUT2D eigenvalue weighted by molar-refractivity contribution is 7.89. The average molecular weight is 355 g/mol. The predicted molar refractivity (Wildman–Crippen MR) is 91.6 cm³/mol. The third kappa shape index (κ3) is 4.39. The lowest BCUT2D eigenvalue weighted by atomic mass is 10.3. The lowest BCUT2D eigenvalue weighted by molar-refractivity contribution is 0.198. The van der Waals surface area contributed by atoms with Crippen molar-refractivity contribution in [1.29, 1.82) is 0 Å². The largest absolute Gasteiger partial charge is 0.497 e. The molecule has 1 heterocycles. The fourth-order valence-electron chi connectivity index (χ4n) is 2.59. The number of methoxy groups -OCH3 is 1. The molecule has 1 N–H and O–H groups in total. The highest BCUT2D eigenvalue weighted by atomic mass is 32.2. The number of nitrogens with zero attached hydrogens (tertiary/aromatic N) is 2. The maximum absolute atomic E-state index is 12.8. The summed E-state index contributed by atoms with van der Waals surface area (Å²) in [4.78, 5) is 14.0. The normalized spacial score (nSPS) is 16.8. The van der Waals surface area contributed by atoms with Crippen molar-refractivity contribution in [3.8, 4) is 5.75 Å². The lowest BCUT2D eigenvalue weighted by Crippen LogP contribution is -2.44. The molecule has 2 rings (SSSR count). The molecule has 0 bridgehead atoms. The van der Waals surface area contributed by atoms with E-state index in [1.54, 1.807) is 23.1 Å². The summed E-state index contributed by atoms with van der Waals surface area (Å²) in [7, 11) is -2.09. The maximum atomic E-state index is 12.8. The summed E-state index contributed by atoms with van der Waals surface area (Å²) in [5.74, 6) is 0.504. The maximum Gasteiger partial charge on any atom is 0.317 e. The molecule has 1 aromatic carbocycles.